The van der Waals surface area contributed by atoms with Crippen LogP contribution >= 0.6 is 0 Å². The number of benzene rings is 2. The number of hydrogen-bond donors (Lipinski definition) is 3. The number of aliphatic carboxylic acids is 1. The Balaban J connectivity index is 1.44. The first-order valence-electron chi connectivity index (χ1n) is 11.0. The third-order valence-corrected chi connectivity index (χ3v) is 5.58. The van der Waals surface area contributed by atoms with Gasteiger partial charge in [-0.15, -0.1) is 0 Å². The van der Waals surface area contributed by atoms with Crippen LogP contribution in [0.15, 0.2) is 60.7 Å². The normalized spacial score (nSPS) is 15.0. The van der Waals surface area contributed by atoms with Crippen molar-refractivity contribution in [3.63, 3.8) is 0 Å². The van der Waals surface area contributed by atoms with Crippen molar-refractivity contribution in [2.75, 3.05) is 32.7 Å². The fourth-order valence-corrected chi connectivity index (χ4v) is 3.93. The van der Waals surface area contributed by atoms with Crippen LogP contribution < -0.4 is 11.2 Å². The quantitative estimate of drug-likeness (QED) is 0.366. The molecule has 1 heterocycles. The van der Waals surface area contributed by atoms with Crippen molar-refractivity contribution in [1.29, 1.82) is 0 Å². The van der Waals surface area contributed by atoms with Crippen molar-refractivity contribution < 1.29 is 19.4 Å². The predicted molar refractivity (Wildman–Crippen MR) is 122 cm³/mol. The molecule has 0 unspecified atom stereocenters. The van der Waals surface area contributed by atoms with Crippen LogP contribution in [0.5, 0.6) is 0 Å². The van der Waals surface area contributed by atoms with E-state index < -0.39 is 18.5 Å². The molecule has 0 atom stereocenters. The van der Waals surface area contributed by atoms with Crippen molar-refractivity contribution in [2.45, 2.75) is 31.5 Å². The minimum Gasteiger partial charge on any atom is -0.480 e. The van der Waals surface area contributed by atoms with Gasteiger partial charge < -0.3 is 20.5 Å². The van der Waals surface area contributed by atoms with Crippen LogP contribution in [0.2, 0.25) is 0 Å². The maximum atomic E-state index is 11.3. The monoisotopic (exact) mass is 440 g/mol. The van der Waals surface area contributed by atoms with Crippen molar-refractivity contribution in [3.05, 3.63) is 71.8 Å². The van der Waals surface area contributed by atoms with Crippen LogP contribution in [0.3, 0.4) is 0 Å². The van der Waals surface area contributed by atoms with Crippen LogP contribution in [0, 0.1) is 0 Å². The fourth-order valence-electron chi connectivity index (χ4n) is 3.93. The van der Waals surface area contributed by atoms with E-state index in [9.17, 15) is 9.59 Å². The molecule has 172 valence electrons. The minimum absolute atomic E-state index is 0.0767. The molecule has 0 bridgehead atoms. The molecule has 1 saturated heterocycles. The van der Waals surface area contributed by atoms with Gasteiger partial charge in [0.25, 0.3) is 0 Å². The number of likely N-dealkylation sites (tertiary alicyclic amines) is 1. The molecule has 8 heteroatoms. The average molecular weight is 441 g/mol. The summed E-state index contributed by atoms with van der Waals surface area (Å²) in [6, 6.07) is 19.9. The lowest BCUT2D eigenvalue weighted by Gasteiger charge is -2.34. The number of hydrogen-bond acceptors (Lipinski definition) is 5. The Bertz CT molecular complexity index is 802. The van der Waals surface area contributed by atoms with Gasteiger partial charge >= 0.3 is 12.0 Å². The van der Waals surface area contributed by atoms with Crippen LogP contribution in [0.25, 0.3) is 0 Å². The summed E-state index contributed by atoms with van der Waals surface area (Å²) in [5, 5.41) is 9.74. The summed E-state index contributed by atoms with van der Waals surface area (Å²) in [5.74, 6) is -1.11. The molecule has 2 amide bonds. The lowest BCUT2D eigenvalue weighted by Crippen LogP contribution is -2.49. The summed E-state index contributed by atoms with van der Waals surface area (Å²) >= 11 is 0. The van der Waals surface area contributed by atoms with E-state index in [0.29, 0.717) is 6.54 Å². The molecule has 0 aromatic heterocycles. The van der Waals surface area contributed by atoms with Gasteiger partial charge in [0.2, 0.25) is 0 Å². The van der Waals surface area contributed by atoms with E-state index in [4.69, 9.17) is 15.6 Å². The van der Waals surface area contributed by atoms with Crippen LogP contribution in [-0.2, 0) is 9.53 Å². The van der Waals surface area contributed by atoms with E-state index in [2.05, 4.69) is 34.6 Å². The molecule has 4 N–H and O–H groups in total. The number of rotatable bonds is 11. The average Bonchev–Trinajstić information content (AvgIpc) is 2.81. The molecule has 2 aromatic carbocycles. The van der Waals surface area contributed by atoms with E-state index in [1.165, 1.54) is 0 Å². The summed E-state index contributed by atoms with van der Waals surface area (Å²) in [6.45, 7) is 2.77. The van der Waals surface area contributed by atoms with E-state index in [1.54, 1.807) is 0 Å². The molecule has 1 aliphatic rings. The van der Waals surface area contributed by atoms with Crippen molar-refractivity contribution in [1.82, 2.24) is 15.3 Å². The Hall–Kier alpha value is -2.94. The highest BCUT2D eigenvalue weighted by molar-refractivity contribution is 5.78. The van der Waals surface area contributed by atoms with Crippen molar-refractivity contribution in [3.8, 4) is 0 Å². The van der Waals surface area contributed by atoms with E-state index in [0.717, 1.165) is 55.0 Å². The summed E-state index contributed by atoms with van der Waals surface area (Å²) in [5.41, 5.74) is 10.3. The second-order valence-electron chi connectivity index (χ2n) is 7.96. The number of nitrogens with two attached hydrogens (primary N) is 1. The number of carbonyl (C=O) groups excluding carboxylic acids is 1. The zero-order valence-electron chi connectivity index (χ0n) is 18.2. The predicted octanol–water partition coefficient (Wildman–Crippen LogP) is 2.62. The van der Waals surface area contributed by atoms with Gasteiger partial charge in [-0.2, -0.15) is 0 Å². The van der Waals surface area contributed by atoms with Gasteiger partial charge in [0, 0.05) is 19.6 Å². The molecule has 1 aliphatic heterocycles. The molecular formula is C24H32N4O4. The second-order valence-corrected chi connectivity index (χ2v) is 7.96. The molecule has 0 spiro atoms. The first-order valence-corrected chi connectivity index (χ1v) is 11.0. The molecule has 32 heavy (non-hydrogen) atoms. The molecule has 0 radical (unpaired) electrons. The van der Waals surface area contributed by atoms with Gasteiger partial charge in [-0.1, -0.05) is 60.7 Å². The number of nitrogens with one attached hydrogen (secondary N) is 1. The maximum absolute atomic E-state index is 11.3. The van der Waals surface area contributed by atoms with Gasteiger partial charge in [0.05, 0.1) is 6.10 Å². The Morgan fingerprint density at radius 2 is 1.62 bits per heavy atom. The van der Waals surface area contributed by atoms with E-state index in [1.807, 2.05) is 36.4 Å². The number of carbonyl (C=O) groups is 2. The SMILES string of the molecule is NC(=O)N(CC(=O)O)NCCCN1CCC(OC(c2ccccc2)c2ccccc2)CC1. The number of piperidine rings is 1. The molecular weight excluding hydrogens is 408 g/mol. The van der Waals surface area contributed by atoms with Crippen molar-refractivity contribution in [2.24, 2.45) is 5.73 Å². The van der Waals surface area contributed by atoms with E-state index >= 15 is 0 Å². The summed E-state index contributed by atoms with van der Waals surface area (Å²) in [6.07, 6.45) is 2.81. The molecule has 2 aromatic rings. The van der Waals surface area contributed by atoms with Gasteiger partial charge in [-0.05, 0) is 36.9 Å². The van der Waals surface area contributed by atoms with Crippen LogP contribution in [0.1, 0.15) is 36.5 Å². The lowest BCUT2D eigenvalue weighted by atomic mass is 10.00. The lowest BCUT2D eigenvalue weighted by molar-refractivity contribution is -0.138. The minimum atomic E-state index is -1.11. The zero-order valence-corrected chi connectivity index (χ0v) is 18.2. The number of primary amides is 1. The third-order valence-electron chi connectivity index (χ3n) is 5.58. The van der Waals surface area contributed by atoms with Gasteiger partial charge in [0.1, 0.15) is 12.6 Å². The van der Waals surface area contributed by atoms with Gasteiger partial charge in [0.15, 0.2) is 0 Å². The smallest absolute Gasteiger partial charge is 0.329 e. The van der Waals surface area contributed by atoms with Gasteiger partial charge in [-0.3, -0.25) is 4.79 Å². The highest BCUT2D eigenvalue weighted by Gasteiger charge is 2.24. The number of carboxylic acids is 1. The number of ether oxygens (including phenoxy) is 1. The number of nitrogens with zero attached hydrogens (tertiary/aromatic N) is 2. The molecule has 1 fully saturated rings. The highest BCUT2D eigenvalue weighted by Crippen LogP contribution is 2.29. The number of urea groups is 1. The second kappa shape index (κ2) is 12.2. The van der Waals surface area contributed by atoms with E-state index in [-0.39, 0.29) is 12.2 Å². The largest absolute Gasteiger partial charge is 0.480 e. The zero-order chi connectivity index (χ0) is 22.8. The van der Waals surface area contributed by atoms with Crippen LogP contribution in [-0.4, -0.2) is 65.8 Å². The first kappa shape index (κ1) is 23.7. The number of amides is 2. The highest BCUT2D eigenvalue weighted by atomic mass is 16.5. The Labute approximate surface area is 188 Å². The molecule has 0 saturated carbocycles. The third kappa shape index (κ3) is 7.33. The number of hydrazine groups is 1. The molecule has 3 rings (SSSR count). The topological polar surface area (TPSA) is 108 Å². The summed E-state index contributed by atoms with van der Waals surface area (Å²) in [4.78, 5) is 24.4. The summed E-state index contributed by atoms with van der Waals surface area (Å²) in [7, 11) is 0. The Morgan fingerprint density at radius 1 is 1.06 bits per heavy atom. The van der Waals surface area contributed by atoms with Crippen LogP contribution in [0.4, 0.5) is 4.79 Å². The first-order chi connectivity index (χ1) is 15.5. The fraction of sp³-hybridized carbons (Fsp3) is 0.417. The molecule has 0 aliphatic carbocycles. The van der Waals surface area contributed by atoms with Crippen molar-refractivity contribution >= 4 is 12.0 Å². The Morgan fingerprint density at radius 3 is 2.12 bits per heavy atom. The Kier molecular flexibility index (Phi) is 9.03. The summed E-state index contributed by atoms with van der Waals surface area (Å²) < 4.78 is 6.58. The molecule has 8 nitrogen and oxygen atoms in total. The van der Waals surface area contributed by atoms with Gasteiger partial charge in [-0.25, -0.2) is 15.2 Å². The maximum Gasteiger partial charge on any atom is 0.329 e. The standard InChI is InChI=1S/C24H32N4O4/c25-24(31)28(18-22(29)30)26-14-7-15-27-16-12-21(13-17-27)32-23(19-8-3-1-4-9-19)20-10-5-2-6-11-20/h1-6,8-11,21,23,26H,7,12-18H2,(H2,25,31)(H,29,30). The number of carboxylic acid groups (broad SMARTS) is 1.